The van der Waals surface area contributed by atoms with Gasteiger partial charge in [-0.3, -0.25) is 0 Å². The number of benzene rings is 4. The van der Waals surface area contributed by atoms with Crippen molar-refractivity contribution in [2.75, 3.05) is 49.2 Å². The van der Waals surface area contributed by atoms with Gasteiger partial charge < -0.3 is 40.5 Å². The maximum atomic E-state index is 12.4. The van der Waals surface area contributed by atoms with Crippen LogP contribution in [0.5, 0.6) is 11.5 Å². The predicted molar refractivity (Wildman–Crippen MR) is 226 cm³/mol. The summed E-state index contributed by atoms with van der Waals surface area (Å²) in [7, 11) is 0. The van der Waals surface area contributed by atoms with Gasteiger partial charge in [0.25, 0.3) is 0 Å². The highest BCUT2D eigenvalue weighted by Crippen LogP contribution is 2.35. The fraction of sp³-hybridized carbons (Fsp3) is 0.356. The fourth-order valence-corrected chi connectivity index (χ4v) is 7.94. The van der Waals surface area contributed by atoms with Crippen LogP contribution in [0.1, 0.15) is 43.2 Å². The van der Waals surface area contributed by atoms with Crippen LogP contribution in [0.2, 0.25) is 0 Å². The first-order valence-electron chi connectivity index (χ1n) is 20.1. The summed E-state index contributed by atoms with van der Waals surface area (Å²) < 4.78 is 10.8. The Bertz CT molecular complexity index is 2420. The Morgan fingerprint density at radius 1 is 0.741 bits per heavy atom. The van der Waals surface area contributed by atoms with Crippen molar-refractivity contribution in [2.45, 2.75) is 64.1 Å². The van der Waals surface area contributed by atoms with Gasteiger partial charge >= 0.3 is 6.09 Å². The molecule has 3 atom stereocenters. The molecule has 300 valence electrons. The van der Waals surface area contributed by atoms with Gasteiger partial charge in [0.2, 0.25) is 0 Å². The smallest absolute Gasteiger partial charge is 0.407 e. The third-order valence-corrected chi connectivity index (χ3v) is 10.9. The number of aryl methyl sites for hydroxylation is 2. The van der Waals surface area contributed by atoms with Crippen molar-refractivity contribution in [1.29, 1.82) is 0 Å². The Hall–Kier alpha value is -6.05. The predicted octanol–water partition coefficient (Wildman–Crippen LogP) is 7.03. The van der Waals surface area contributed by atoms with Crippen LogP contribution in [-0.4, -0.2) is 93.8 Å². The van der Waals surface area contributed by atoms with Crippen LogP contribution < -0.4 is 20.9 Å². The number of piperidine rings is 2. The molecule has 0 saturated carbocycles. The van der Waals surface area contributed by atoms with E-state index < -0.39 is 6.09 Å². The molecule has 1 unspecified atom stereocenters. The standard InChI is InChI=1S/C25H28N4O4.C20H22N4O/c1-16-8-9-19-21(13-16)27-23(20-6-2-3-7-22(20)30)28-24(19)29-11-4-5-17(14-29)26-25(31)33-18-10-12-32-15-18;1-13-8-9-15-17(11-13)22-19(16-6-2-3-7-18(16)25)23-20(15)24-10-4-5-14(21)12-24/h2-3,6-9,13,17-18,30H,4-5,10-12,14-15H2,1H3,(H,26,31);2-3,6-9,11,14,25H,4-5,10,12,21H2,1H3/t17-,18?;14-/m00/s1. The molecular weight excluding hydrogens is 733 g/mol. The molecule has 6 aromatic rings. The number of anilines is 2. The first-order valence-corrected chi connectivity index (χ1v) is 20.1. The SMILES string of the molecule is Cc1ccc2c(N3CCC[C@H](N)C3)nc(-c3ccccc3O)nc2c1.Cc1ccc2c(N3CCC[C@H](NC(=O)OC4CCOC4)C3)nc(-c3ccccc3O)nc2c1. The number of alkyl carbamates (subject to hydrolysis) is 1. The molecule has 0 bridgehead atoms. The lowest BCUT2D eigenvalue weighted by Gasteiger charge is -2.34. The number of carbonyl (C=O) groups is 1. The quantitative estimate of drug-likeness (QED) is 0.136. The van der Waals surface area contributed by atoms with Gasteiger partial charge in [0.05, 0.1) is 35.4 Å². The molecule has 3 aliphatic rings. The molecule has 3 fully saturated rings. The zero-order chi connectivity index (χ0) is 40.2. The number of hydrogen-bond donors (Lipinski definition) is 4. The number of nitrogens with two attached hydrogens (primary N) is 1. The molecule has 3 saturated heterocycles. The van der Waals surface area contributed by atoms with Gasteiger partial charge in [-0.05, 0) is 99.2 Å². The Balaban J connectivity index is 0.000000168. The van der Waals surface area contributed by atoms with E-state index in [9.17, 15) is 15.0 Å². The highest BCUT2D eigenvalue weighted by Gasteiger charge is 2.28. The maximum Gasteiger partial charge on any atom is 0.407 e. The van der Waals surface area contributed by atoms with Crippen LogP contribution >= 0.6 is 0 Å². The molecule has 0 radical (unpaired) electrons. The maximum absolute atomic E-state index is 12.4. The number of rotatable bonds is 6. The summed E-state index contributed by atoms with van der Waals surface area (Å²) in [5.74, 6) is 3.08. The summed E-state index contributed by atoms with van der Waals surface area (Å²) in [5.41, 5.74) is 11.4. The number of nitrogens with zero attached hydrogens (tertiary/aromatic N) is 6. The van der Waals surface area contributed by atoms with Crippen molar-refractivity contribution in [3.63, 3.8) is 0 Å². The van der Waals surface area contributed by atoms with E-state index in [4.69, 9.17) is 35.1 Å². The average molecular weight is 783 g/mol. The molecule has 9 rings (SSSR count). The minimum absolute atomic E-state index is 0.0439. The van der Waals surface area contributed by atoms with Crippen LogP contribution in [0.3, 0.4) is 0 Å². The second-order valence-corrected chi connectivity index (χ2v) is 15.5. The number of aromatic hydroxyl groups is 2. The molecule has 13 nitrogen and oxygen atoms in total. The van der Waals surface area contributed by atoms with Crippen molar-refractivity contribution in [2.24, 2.45) is 5.73 Å². The Morgan fingerprint density at radius 3 is 1.83 bits per heavy atom. The number of phenols is 2. The Kier molecular flexibility index (Phi) is 11.5. The van der Waals surface area contributed by atoms with E-state index in [-0.39, 0.29) is 29.7 Å². The third-order valence-electron chi connectivity index (χ3n) is 10.9. The molecule has 1 amide bonds. The van der Waals surface area contributed by atoms with Crippen molar-refractivity contribution in [3.05, 3.63) is 96.1 Å². The van der Waals surface area contributed by atoms with Crippen molar-refractivity contribution in [3.8, 4) is 34.3 Å². The lowest BCUT2D eigenvalue weighted by molar-refractivity contribution is 0.0803. The van der Waals surface area contributed by atoms with Gasteiger partial charge in [0, 0.05) is 55.5 Å². The lowest BCUT2D eigenvalue weighted by Crippen LogP contribution is -2.48. The highest BCUT2D eigenvalue weighted by molar-refractivity contribution is 5.93. The van der Waals surface area contributed by atoms with Crippen molar-refractivity contribution < 1.29 is 24.5 Å². The van der Waals surface area contributed by atoms with Gasteiger partial charge in [-0.1, -0.05) is 36.4 Å². The molecule has 4 aromatic carbocycles. The van der Waals surface area contributed by atoms with E-state index >= 15 is 0 Å². The van der Waals surface area contributed by atoms with E-state index in [1.165, 1.54) is 0 Å². The van der Waals surface area contributed by atoms with E-state index in [2.05, 4.69) is 46.3 Å². The number of carbonyl (C=O) groups excluding carboxylic acids is 1. The number of phenolic OH excluding ortho intramolecular Hbond substituents is 2. The van der Waals surface area contributed by atoms with Crippen molar-refractivity contribution >= 4 is 39.5 Å². The summed E-state index contributed by atoms with van der Waals surface area (Å²) in [6.45, 7) is 8.36. The molecule has 5 N–H and O–H groups in total. The zero-order valence-corrected chi connectivity index (χ0v) is 33.0. The van der Waals surface area contributed by atoms with E-state index in [0.717, 1.165) is 96.3 Å². The molecule has 13 heteroatoms. The number of para-hydroxylation sites is 2. The van der Waals surface area contributed by atoms with Gasteiger partial charge in [0.15, 0.2) is 11.6 Å². The van der Waals surface area contributed by atoms with Crippen LogP contribution in [0.15, 0.2) is 84.9 Å². The lowest BCUT2D eigenvalue weighted by atomic mass is 10.0. The monoisotopic (exact) mass is 782 g/mol. The average Bonchev–Trinajstić information content (AvgIpc) is 3.73. The molecular formula is C45H50N8O5. The topological polar surface area (TPSA) is 172 Å². The number of ether oxygens (including phenoxy) is 2. The van der Waals surface area contributed by atoms with Crippen LogP contribution in [0, 0.1) is 13.8 Å². The molecule has 0 spiro atoms. The molecule has 3 aliphatic heterocycles. The zero-order valence-electron chi connectivity index (χ0n) is 33.0. The minimum Gasteiger partial charge on any atom is -0.507 e. The van der Waals surface area contributed by atoms with E-state index in [1.807, 2.05) is 43.3 Å². The third kappa shape index (κ3) is 8.75. The second kappa shape index (κ2) is 17.2. The normalized spacial score (nSPS) is 19.5. The van der Waals surface area contributed by atoms with Gasteiger partial charge in [-0.15, -0.1) is 0 Å². The van der Waals surface area contributed by atoms with E-state index in [1.54, 1.807) is 24.3 Å². The number of amides is 1. The largest absolute Gasteiger partial charge is 0.507 e. The first kappa shape index (κ1) is 38.8. The molecule has 0 aliphatic carbocycles. The first-order chi connectivity index (χ1) is 28.2. The highest BCUT2D eigenvalue weighted by atomic mass is 16.6. The summed E-state index contributed by atoms with van der Waals surface area (Å²) >= 11 is 0. The molecule has 58 heavy (non-hydrogen) atoms. The van der Waals surface area contributed by atoms with Crippen molar-refractivity contribution in [1.82, 2.24) is 25.3 Å². The molecule has 5 heterocycles. The fourth-order valence-electron chi connectivity index (χ4n) is 7.94. The summed E-state index contributed by atoms with van der Waals surface area (Å²) in [5, 5.41) is 25.6. The summed E-state index contributed by atoms with van der Waals surface area (Å²) in [6.07, 6.45) is 4.08. The summed E-state index contributed by atoms with van der Waals surface area (Å²) in [6, 6.07) is 26.8. The number of nitrogens with one attached hydrogen (secondary N) is 1. The molecule has 2 aromatic heterocycles. The number of fused-ring (bicyclic) bond motifs is 2. The van der Waals surface area contributed by atoms with Gasteiger partial charge in [-0.25, -0.2) is 24.7 Å². The summed E-state index contributed by atoms with van der Waals surface area (Å²) in [4.78, 5) is 36.0. The Labute approximate surface area is 337 Å². The van der Waals surface area contributed by atoms with Gasteiger partial charge in [-0.2, -0.15) is 0 Å². The number of aromatic nitrogens is 4. The minimum atomic E-state index is -0.393. The van der Waals surface area contributed by atoms with Crippen LogP contribution in [-0.2, 0) is 9.47 Å². The van der Waals surface area contributed by atoms with Crippen LogP contribution in [0.25, 0.3) is 44.6 Å². The van der Waals surface area contributed by atoms with Crippen LogP contribution in [0.4, 0.5) is 16.4 Å². The van der Waals surface area contributed by atoms with Gasteiger partial charge in [0.1, 0.15) is 29.2 Å². The Morgan fingerprint density at radius 2 is 1.29 bits per heavy atom. The number of hydrogen-bond acceptors (Lipinski definition) is 12. The van der Waals surface area contributed by atoms with E-state index in [0.29, 0.717) is 42.5 Å². The second-order valence-electron chi connectivity index (χ2n) is 15.5.